The molecule has 0 atom stereocenters. The van der Waals surface area contributed by atoms with Gasteiger partial charge >= 0.3 is 0 Å². The largest absolute Gasteiger partial charge is 0.364 e. The van der Waals surface area contributed by atoms with Crippen LogP contribution < -0.4 is 5.32 Å². The van der Waals surface area contributed by atoms with Crippen molar-refractivity contribution in [3.8, 4) is 0 Å². The van der Waals surface area contributed by atoms with E-state index in [-0.39, 0.29) is 5.75 Å². The molecule has 0 spiro atoms. The summed E-state index contributed by atoms with van der Waals surface area (Å²) in [7, 11) is -1.60. The average molecular weight is 396 g/mol. The Labute approximate surface area is 161 Å². The summed E-state index contributed by atoms with van der Waals surface area (Å²) in [6, 6.07) is 1.58. The lowest BCUT2D eigenvalue weighted by molar-refractivity contribution is 0.260. The van der Waals surface area contributed by atoms with Crippen LogP contribution in [-0.2, 0) is 15.8 Å². The number of rotatable bonds is 6. The third-order valence-corrected chi connectivity index (χ3v) is 6.89. The maximum absolute atomic E-state index is 12.5. The predicted octanol–water partition coefficient (Wildman–Crippen LogP) is 1.59. The molecule has 1 fully saturated rings. The van der Waals surface area contributed by atoms with Gasteiger partial charge in [0.15, 0.2) is 5.96 Å². The summed E-state index contributed by atoms with van der Waals surface area (Å²) in [5.74, 6) is 0.728. The number of hydrogen-bond donors (Lipinski definition) is 1. The van der Waals surface area contributed by atoms with Crippen molar-refractivity contribution in [2.75, 3.05) is 39.8 Å². The van der Waals surface area contributed by atoms with Crippen molar-refractivity contribution in [1.82, 2.24) is 19.7 Å². The summed E-state index contributed by atoms with van der Waals surface area (Å²) < 4.78 is 31.3. The molecule has 1 aromatic rings. The maximum atomic E-state index is 12.5. The first-order valence-corrected chi connectivity index (χ1v) is 11.2. The minimum absolute atomic E-state index is 0.119. The van der Waals surface area contributed by atoms with E-state index in [2.05, 4.69) is 26.4 Å². The van der Waals surface area contributed by atoms with Gasteiger partial charge in [0.25, 0.3) is 0 Å². The number of guanidine groups is 1. The zero-order valence-corrected chi connectivity index (χ0v) is 16.7. The van der Waals surface area contributed by atoms with Gasteiger partial charge in [0, 0.05) is 45.8 Å². The number of aromatic nitrogens is 1. The second-order valence-corrected chi connectivity index (χ2v) is 8.93. The van der Waals surface area contributed by atoms with Crippen LogP contribution >= 0.6 is 0 Å². The van der Waals surface area contributed by atoms with E-state index in [9.17, 15) is 8.42 Å². The Bertz CT molecular complexity index is 750. The third kappa shape index (κ3) is 5.55. The number of allylic oxidation sites excluding steroid dienone is 1. The van der Waals surface area contributed by atoms with Gasteiger partial charge in [-0.25, -0.2) is 8.42 Å². The van der Waals surface area contributed by atoms with E-state index in [1.165, 1.54) is 41.8 Å². The fourth-order valence-electron chi connectivity index (χ4n) is 3.57. The van der Waals surface area contributed by atoms with E-state index in [1.54, 1.807) is 13.1 Å². The van der Waals surface area contributed by atoms with Gasteiger partial charge in [0.1, 0.15) is 12.0 Å². The number of piperazine rings is 1. The number of aliphatic imine (C=N–C) groups is 1. The Morgan fingerprint density at radius 3 is 2.74 bits per heavy atom. The molecule has 0 unspecified atom stereocenters. The van der Waals surface area contributed by atoms with E-state index in [4.69, 9.17) is 4.52 Å². The Balaban J connectivity index is 1.46. The second kappa shape index (κ2) is 9.36. The number of hydrogen-bond acceptors (Lipinski definition) is 5. The Morgan fingerprint density at radius 2 is 2.11 bits per heavy atom. The third-order valence-electron chi connectivity index (χ3n) is 5.08. The van der Waals surface area contributed by atoms with Crippen LogP contribution in [0.5, 0.6) is 0 Å². The fourth-order valence-corrected chi connectivity index (χ4v) is 4.99. The molecule has 0 aromatic carbocycles. The summed E-state index contributed by atoms with van der Waals surface area (Å²) in [6.07, 6.45) is 9.82. The van der Waals surface area contributed by atoms with Gasteiger partial charge in [-0.05, 0) is 32.1 Å². The van der Waals surface area contributed by atoms with E-state index in [1.807, 2.05) is 0 Å². The molecule has 0 saturated carbocycles. The molecule has 2 aliphatic rings. The SMILES string of the molecule is CN=C(NCCC1=CCCCC1)N1CCN(S(=O)(=O)Cc2ccon2)CC1. The topological polar surface area (TPSA) is 91.0 Å². The highest BCUT2D eigenvalue weighted by atomic mass is 32.2. The molecular formula is C18H29N5O3S. The molecule has 9 heteroatoms. The first-order chi connectivity index (χ1) is 13.1. The monoisotopic (exact) mass is 395 g/mol. The number of nitrogens with one attached hydrogen (secondary N) is 1. The van der Waals surface area contributed by atoms with Crippen LogP contribution in [0.15, 0.2) is 33.5 Å². The van der Waals surface area contributed by atoms with Crippen LogP contribution in [0.1, 0.15) is 37.8 Å². The first-order valence-electron chi connectivity index (χ1n) is 9.59. The Morgan fingerprint density at radius 1 is 1.30 bits per heavy atom. The fraction of sp³-hybridized carbons (Fsp3) is 0.667. The minimum atomic E-state index is -3.38. The second-order valence-electron chi connectivity index (χ2n) is 6.97. The number of sulfonamides is 1. The lowest BCUT2D eigenvalue weighted by Crippen LogP contribution is -2.54. The van der Waals surface area contributed by atoms with Gasteiger partial charge in [-0.15, -0.1) is 0 Å². The zero-order chi connectivity index (χ0) is 19.1. The van der Waals surface area contributed by atoms with Crippen molar-refractivity contribution in [2.24, 2.45) is 4.99 Å². The highest BCUT2D eigenvalue weighted by molar-refractivity contribution is 7.88. The molecule has 150 valence electrons. The highest BCUT2D eigenvalue weighted by Gasteiger charge is 2.28. The van der Waals surface area contributed by atoms with Crippen molar-refractivity contribution in [2.45, 2.75) is 37.9 Å². The van der Waals surface area contributed by atoms with Crippen molar-refractivity contribution in [3.63, 3.8) is 0 Å². The van der Waals surface area contributed by atoms with Crippen molar-refractivity contribution in [3.05, 3.63) is 29.7 Å². The van der Waals surface area contributed by atoms with Crippen molar-refractivity contribution in [1.29, 1.82) is 0 Å². The summed E-state index contributed by atoms with van der Waals surface area (Å²) in [5.41, 5.74) is 1.97. The smallest absolute Gasteiger partial charge is 0.220 e. The molecule has 1 aliphatic heterocycles. The molecular weight excluding hydrogens is 366 g/mol. The maximum Gasteiger partial charge on any atom is 0.220 e. The van der Waals surface area contributed by atoms with Crippen LogP contribution in [0.2, 0.25) is 0 Å². The minimum Gasteiger partial charge on any atom is -0.364 e. The van der Waals surface area contributed by atoms with Gasteiger partial charge in [-0.3, -0.25) is 4.99 Å². The molecule has 3 rings (SSSR count). The van der Waals surface area contributed by atoms with Crippen molar-refractivity contribution < 1.29 is 12.9 Å². The molecule has 2 heterocycles. The highest BCUT2D eigenvalue weighted by Crippen LogP contribution is 2.19. The number of nitrogens with zero attached hydrogens (tertiary/aromatic N) is 4. The molecule has 0 amide bonds. The molecule has 8 nitrogen and oxygen atoms in total. The van der Waals surface area contributed by atoms with E-state index in [0.29, 0.717) is 31.9 Å². The van der Waals surface area contributed by atoms with Gasteiger partial charge in [0.2, 0.25) is 10.0 Å². The molecule has 27 heavy (non-hydrogen) atoms. The van der Waals surface area contributed by atoms with Gasteiger partial charge in [-0.2, -0.15) is 4.31 Å². The Hall–Kier alpha value is -1.87. The van der Waals surface area contributed by atoms with Gasteiger partial charge < -0.3 is 14.7 Å². The summed E-state index contributed by atoms with van der Waals surface area (Å²) in [5, 5.41) is 7.12. The predicted molar refractivity (Wildman–Crippen MR) is 105 cm³/mol. The molecule has 0 radical (unpaired) electrons. The lowest BCUT2D eigenvalue weighted by atomic mass is 9.97. The van der Waals surface area contributed by atoms with Gasteiger partial charge in [0.05, 0.1) is 5.69 Å². The zero-order valence-electron chi connectivity index (χ0n) is 15.9. The van der Waals surface area contributed by atoms with E-state index >= 15 is 0 Å². The van der Waals surface area contributed by atoms with Gasteiger partial charge in [-0.1, -0.05) is 16.8 Å². The Kier molecular flexibility index (Phi) is 6.89. The molecule has 1 aliphatic carbocycles. The van der Waals surface area contributed by atoms with E-state index in [0.717, 1.165) is 18.9 Å². The molecule has 0 bridgehead atoms. The molecule has 1 N–H and O–H groups in total. The van der Waals surface area contributed by atoms with Crippen LogP contribution in [0.4, 0.5) is 0 Å². The summed E-state index contributed by atoms with van der Waals surface area (Å²) >= 11 is 0. The summed E-state index contributed by atoms with van der Waals surface area (Å²) in [6.45, 7) is 3.02. The quantitative estimate of drug-likeness (QED) is 0.447. The molecule has 1 saturated heterocycles. The van der Waals surface area contributed by atoms with E-state index < -0.39 is 10.0 Å². The van der Waals surface area contributed by atoms with Crippen LogP contribution in [0.25, 0.3) is 0 Å². The normalized spacial score (nSPS) is 19.8. The van der Waals surface area contributed by atoms with Crippen molar-refractivity contribution >= 4 is 16.0 Å². The first kappa shape index (κ1) is 19.9. The van der Waals surface area contributed by atoms with Crippen LogP contribution in [0.3, 0.4) is 0 Å². The summed E-state index contributed by atoms with van der Waals surface area (Å²) in [4.78, 5) is 6.49. The lowest BCUT2D eigenvalue weighted by Gasteiger charge is -2.35. The average Bonchev–Trinajstić information content (AvgIpc) is 3.18. The van der Waals surface area contributed by atoms with Crippen LogP contribution in [-0.4, -0.2) is 68.5 Å². The standard InChI is InChI=1S/C18H29N5O3S/c1-19-18(20-9-7-16-5-3-2-4-6-16)22-10-12-23(13-11-22)27(24,25)15-17-8-14-26-21-17/h5,8,14H,2-4,6-7,9-13,15H2,1H3,(H,19,20). The molecule has 1 aromatic heterocycles. The van der Waals surface area contributed by atoms with Crippen LogP contribution in [0, 0.1) is 0 Å².